The second-order valence-electron chi connectivity index (χ2n) is 5.63. The molecule has 0 amide bonds. The van der Waals surface area contributed by atoms with Gasteiger partial charge in [0.25, 0.3) is 0 Å². The van der Waals surface area contributed by atoms with Crippen LogP contribution in [0.15, 0.2) is 54.6 Å². The number of rotatable bonds is 2. The van der Waals surface area contributed by atoms with Crippen molar-refractivity contribution in [2.45, 2.75) is 46.5 Å². The number of hydrogen-bond acceptors (Lipinski definition) is 4. The Kier molecular flexibility index (Phi) is 15.5. The van der Waals surface area contributed by atoms with Crippen LogP contribution >= 0.6 is 0 Å². The van der Waals surface area contributed by atoms with E-state index < -0.39 is 0 Å². The molecule has 130 valence electrons. The minimum atomic E-state index is 0.653. The highest BCUT2D eigenvalue weighted by Gasteiger charge is 1.96. The molecule has 0 fully saturated rings. The summed E-state index contributed by atoms with van der Waals surface area (Å²) in [6, 6.07) is 19.2. The van der Waals surface area contributed by atoms with Crippen LogP contribution in [0.3, 0.4) is 0 Å². The monoisotopic (exact) mass is 322 g/mol. The van der Waals surface area contributed by atoms with E-state index in [1.807, 2.05) is 6.07 Å². The first-order chi connectivity index (χ1) is 11.0. The molecular weight excluding hydrogens is 292 g/mol. The van der Waals surface area contributed by atoms with Crippen LogP contribution in [0.2, 0.25) is 0 Å². The smallest absolute Gasteiger partial charge is 0.0219 e. The van der Waals surface area contributed by atoms with Gasteiger partial charge in [-0.15, -0.1) is 0 Å². The standard InChI is InChI=1S/C10H14.C9H12.2H2O2/c1-8(2)10-6-4-5-9(3)7-10;1-8(2)9-6-4-3-5-7-9;2*1-2/h4-8H,1-3H3;3-8H,1-2H3;2*1-2H. The van der Waals surface area contributed by atoms with Gasteiger partial charge in [0.15, 0.2) is 0 Å². The molecule has 0 unspecified atom stereocenters. The Morgan fingerprint density at radius 1 is 0.609 bits per heavy atom. The molecule has 4 N–H and O–H groups in total. The summed E-state index contributed by atoms with van der Waals surface area (Å²) in [4.78, 5) is 0. The third kappa shape index (κ3) is 11.5. The Labute approximate surface area is 139 Å². The van der Waals surface area contributed by atoms with E-state index in [1.165, 1.54) is 16.7 Å². The van der Waals surface area contributed by atoms with E-state index in [9.17, 15) is 0 Å². The van der Waals surface area contributed by atoms with Crippen LogP contribution in [0.25, 0.3) is 0 Å². The molecule has 2 aromatic carbocycles. The maximum atomic E-state index is 6.00. The quantitative estimate of drug-likeness (QED) is 0.406. The summed E-state index contributed by atoms with van der Waals surface area (Å²) in [7, 11) is 0. The molecule has 23 heavy (non-hydrogen) atoms. The highest BCUT2D eigenvalue weighted by Crippen LogP contribution is 2.14. The predicted octanol–water partition coefficient (Wildman–Crippen LogP) is 5.96. The van der Waals surface area contributed by atoms with Crippen molar-refractivity contribution >= 4 is 0 Å². The zero-order valence-electron chi connectivity index (χ0n) is 14.6. The lowest BCUT2D eigenvalue weighted by atomic mass is 10.0. The lowest BCUT2D eigenvalue weighted by Crippen LogP contribution is -1.86. The van der Waals surface area contributed by atoms with Crippen molar-refractivity contribution in [3.8, 4) is 0 Å². The average molecular weight is 322 g/mol. The zero-order valence-corrected chi connectivity index (χ0v) is 14.6. The minimum Gasteiger partial charge on any atom is -0.255 e. The summed E-state index contributed by atoms with van der Waals surface area (Å²) in [5.41, 5.74) is 4.20. The molecule has 0 aliphatic heterocycles. The maximum absolute atomic E-state index is 6.00. The van der Waals surface area contributed by atoms with Crippen molar-refractivity contribution in [3.63, 3.8) is 0 Å². The van der Waals surface area contributed by atoms with E-state index in [-0.39, 0.29) is 0 Å². The van der Waals surface area contributed by atoms with Gasteiger partial charge in [-0.25, -0.2) is 0 Å². The number of hydrogen-bond donors (Lipinski definition) is 4. The van der Waals surface area contributed by atoms with Crippen molar-refractivity contribution < 1.29 is 21.0 Å². The first kappa shape index (κ1) is 23.5. The molecule has 0 saturated heterocycles. The molecule has 4 nitrogen and oxygen atoms in total. The molecule has 0 aromatic heterocycles. The molecule has 0 saturated carbocycles. The Hall–Kier alpha value is -1.72. The van der Waals surface area contributed by atoms with Crippen molar-refractivity contribution in [1.82, 2.24) is 0 Å². The van der Waals surface area contributed by atoms with Gasteiger partial charge < -0.3 is 0 Å². The Balaban J connectivity index is 0. The lowest BCUT2D eigenvalue weighted by molar-refractivity contribution is -0.176. The molecule has 0 radical (unpaired) electrons. The van der Waals surface area contributed by atoms with Crippen LogP contribution in [0.1, 0.15) is 56.2 Å². The summed E-state index contributed by atoms with van der Waals surface area (Å²) in [6.45, 7) is 11.0. The topological polar surface area (TPSA) is 80.9 Å². The third-order valence-electron chi connectivity index (χ3n) is 3.18. The van der Waals surface area contributed by atoms with Crippen LogP contribution in [0.5, 0.6) is 0 Å². The molecule has 4 heteroatoms. The van der Waals surface area contributed by atoms with Crippen LogP contribution in [-0.4, -0.2) is 21.0 Å². The summed E-state index contributed by atoms with van der Waals surface area (Å²) < 4.78 is 0. The average Bonchev–Trinajstić information content (AvgIpc) is 2.60. The van der Waals surface area contributed by atoms with Gasteiger partial charge in [-0.3, -0.25) is 21.0 Å². The van der Waals surface area contributed by atoms with E-state index in [4.69, 9.17) is 21.0 Å². The van der Waals surface area contributed by atoms with E-state index in [0.29, 0.717) is 11.8 Å². The second-order valence-corrected chi connectivity index (χ2v) is 5.63. The maximum Gasteiger partial charge on any atom is -0.0219 e. The van der Waals surface area contributed by atoms with Gasteiger partial charge in [-0.1, -0.05) is 87.9 Å². The number of aryl methyl sites for hydroxylation is 1. The van der Waals surface area contributed by atoms with Gasteiger partial charge >= 0.3 is 0 Å². The van der Waals surface area contributed by atoms with E-state index in [2.05, 4.69) is 83.1 Å². The van der Waals surface area contributed by atoms with Crippen LogP contribution in [-0.2, 0) is 0 Å². The summed E-state index contributed by atoms with van der Waals surface area (Å²) in [5, 5.41) is 24.0. The van der Waals surface area contributed by atoms with Gasteiger partial charge in [0.1, 0.15) is 0 Å². The molecule has 0 aliphatic carbocycles. The Morgan fingerprint density at radius 3 is 1.35 bits per heavy atom. The van der Waals surface area contributed by atoms with Crippen molar-refractivity contribution in [1.29, 1.82) is 0 Å². The first-order valence-electron chi connectivity index (χ1n) is 7.52. The molecule has 2 rings (SSSR count). The fourth-order valence-electron chi connectivity index (χ4n) is 1.87. The van der Waals surface area contributed by atoms with Crippen LogP contribution in [0, 0.1) is 6.92 Å². The fourth-order valence-corrected chi connectivity index (χ4v) is 1.87. The largest absolute Gasteiger partial charge is 0.255 e. The predicted molar refractivity (Wildman–Crippen MR) is 96.3 cm³/mol. The zero-order chi connectivity index (χ0) is 18.3. The van der Waals surface area contributed by atoms with Gasteiger partial charge in [-0.2, -0.15) is 0 Å². The molecule has 0 aliphatic rings. The fraction of sp³-hybridized carbons (Fsp3) is 0.368. The summed E-state index contributed by atoms with van der Waals surface area (Å²) >= 11 is 0. The molecular formula is C19H30O4. The highest BCUT2D eigenvalue weighted by molar-refractivity contribution is 5.24. The van der Waals surface area contributed by atoms with Gasteiger partial charge in [-0.05, 0) is 29.9 Å². The van der Waals surface area contributed by atoms with Gasteiger partial charge in [0, 0.05) is 0 Å². The van der Waals surface area contributed by atoms with Gasteiger partial charge in [0.05, 0.1) is 0 Å². The molecule has 2 aromatic rings. The molecule has 0 atom stereocenters. The second kappa shape index (κ2) is 15.2. The van der Waals surface area contributed by atoms with Crippen LogP contribution < -0.4 is 0 Å². The SMILES string of the molecule is CC(C)c1ccccc1.Cc1cccc(C(C)C)c1.OO.OO. The van der Waals surface area contributed by atoms with Crippen molar-refractivity contribution in [2.24, 2.45) is 0 Å². The summed E-state index contributed by atoms with van der Waals surface area (Å²) in [6.07, 6.45) is 0. The van der Waals surface area contributed by atoms with E-state index >= 15 is 0 Å². The molecule has 0 spiro atoms. The van der Waals surface area contributed by atoms with Crippen LogP contribution in [0.4, 0.5) is 0 Å². The lowest BCUT2D eigenvalue weighted by Gasteiger charge is -2.04. The highest BCUT2D eigenvalue weighted by atomic mass is 17.0. The first-order valence-corrected chi connectivity index (χ1v) is 7.52. The minimum absolute atomic E-state index is 0.653. The van der Waals surface area contributed by atoms with Crippen molar-refractivity contribution in [2.75, 3.05) is 0 Å². The van der Waals surface area contributed by atoms with E-state index in [1.54, 1.807) is 0 Å². The number of benzene rings is 2. The normalized spacial score (nSPS) is 9.00. The molecule has 0 heterocycles. The van der Waals surface area contributed by atoms with Gasteiger partial charge in [0.2, 0.25) is 0 Å². The third-order valence-corrected chi connectivity index (χ3v) is 3.18. The Bertz CT molecular complexity index is 482. The Morgan fingerprint density at radius 2 is 1.04 bits per heavy atom. The van der Waals surface area contributed by atoms with Crippen molar-refractivity contribution in [3.05, 3.63) is 71.3 Å². The summed E-state index contributed by atoms with van der Waals surface area (Å²) in [5.74, 6) is 1.31. The molecule has 0 bridgehead atoms. The van der Waals surface area contributed by atoms with E-state index in [0.717, 1.165) is 0 Å².